The van der Waals surface area contributed by atoms with Crippen LogP contribution in [0.4, 0.5) is 0 Å². The predicted octanol–water partition coefficient (Wildman–Crippen LogP) is 0.269. The third-order valence-electron chi connectivity index (χ3n) is 2.52. The molecule has 9 heteroatoms. The summed E-state index contributed by atoms with van der Waals surface area (Å²) < 4.78 is 22.7. The third-order valence-corrected chi connectivity index (χ3v) is 4.05. The summed E-state index contributed by atoms with van der Waals surface area (Å²) in [5, 5.41) is 15.9. The van der Waals surface area contributed by atoms with Gasteiger partial charge in [-0.05, 0) is 18.2 Å². The van der Waals surface area contributed by atoms with Crippen LogP contribution in [-0.4, -0.2) is 29.7 Å². The lowest BCUT2D eigenvalue weighted by Gasteiger charge is -2.13. The van der Waals surface area contributed by atoms with Crippen LogP contribution >= 0.6 is 11.8 Å². The van der Waals surface area contributed by atoms with Crippen LogP contribution in [0.1, 0.15) is 0 Å². The van der Waals surface area contributed by atoms with Gasteiger partial charge >= 0.3 is 0 Å². The summed E-state index contributed by atoms with van der Waals surface area (Å²) in [5.74, 6) is 0.635. The van der Waals surface area contributed by atoms with Gasteiger partial charge in [-0.25, -0.2) is 13.6 Å². The average Bonchev–Trinajstić information content (AvgIpc) is 2.95. The summed E-state index contributed by atoms with van der Waals surface area (Å²) in [6.45, 7) is 0. The molecule has 18 heavy (non-hydrogen) atoms. The topological polar surface area (TPSA) is 93.6 Å². The first-order valence-electron chi connectivity index (χ1n) is 4.98. The van der Waals surface area contributed by atoms with Crippen molar-refractivity contribution in [3.63, 3.8) is 0 Å². The molecule has 0 atom stereocenters. The molecule has 7 nitrogen and oxygen atoms in total. The van der Waals surface area contributed by atoms with Crippen molar-refractivity contribution in [2.45, 2.75) is 4.90 Å². The Labute approximate surface area is 107 Å². The van der Waals surface area contributed by atoms with E-state index in [1.54, 1.807) is 27.7 Å². The number of fused-ring (bicyclic) bond motifs is 1. The molecule has 0 aliphatic carbocycles. The quantitative estimate of drug-likeness (QED) is 0.853. The molecule has 0 unspecified atom stereocenters. The molecule has 1 aliphatic heterocycles. The monoisotopic (exact) mass is 283 g/mol. The van der Waals surface area contributed by atoms with Gasteiger partial charge < -0.3 is 0 Å². The number of primary sulfonamides is 1. The van der Waals surface area contributed by atoms with Crippen molar-refractivity contribution in [2.24, 2.45) is 10.2 Å². The van der Waals surface area contributed by atoms with E-state index in [9.17, 15) is 8.42 Å². The fraction of sp³-hybridized carbons (Fsp3) is 0.111. The van der Waals surface area contributed by atoms with E-state index in [0.717, 1.165) is 5.39 Å². The van der Waals surface area contributed by atoms with E-state index in [0.29, 0.717) is 11.4 Å². The van der Waals surface area contributed by atoms with Crippen LogP contribution in [0.2, 0.25) is 0 Å². The van der Waals surface area contributed by atoms with Crippen molar-refractivity contribution >= 4 is 38.2 Å². The molecule has 1 aromatic carbocycles. The van der Waals surface area contributed by atoms with Crippen molar-refractivity contribution in [2.75, 3.05) is 11.0 Å². The highest BCUT2D eigenvalue weighted by Gasteiger charge is 2.15. The van der Waals surface area contributed by atoms with Gasteiger partial charge in [0.25, 0.3) is 0 Å². The van der Waals surface area contributed by atoms with Crippen LogP contribution in [0.25, 0.3) is 10.9 Å². The molecule has 0 spiro atoms. The minimum Gasteiger partial charge on any atom is -0.225 e. The Hall–Kier alpha value is -1.58. The minimum absolute atomic E-state index is 0.0626. The summed E-state index contributed by atoms with van der Waals surface area (Å²) >= 11 is 1.53. The van der Waals surface area contributed by atoms with E-state index in [2.05, 4.69) is 10.2 Å². The number of benzene rings is 1. The normalized spacial score (nSPS) is 15.7. The Morgan fingerprint density at radius 2 is 2.22 bits per heavy atom. The highest BCUT2D eigenvalue weighted by atomic mass is 32.2. The zero-order chi connectivity index (χ0) is 12.8. The van der Waals surface area contributed by atoms with E-state index in [-0.39, 0.29) is 4.90 Å². The number of rotatable bonds is 2. The SMILES string of the molecule is NS(=O)(=O)c1ccc2cnn(N3CSC=N3)c2c1. The largest absolute Gasteiger partial charge is 0.238 e. The second-order valence-electron chi connectivity index (χ2n) is 3.69. The van der Waals surface area contributed by atoms with E-state index >= 15 is 0 Å². The molecule has 2 heterocycles. The molecular formula is C9H9N5O2S2. The van der Waals surface area contributed by atoms with Gasteiger partial charge in [0, 0.05) is 5.39 Å². The summed E-state index contributed by atoms with van der Waals surface area (Å²) in [4.78, 5) is 1.62. The van der Waals surface area contributed by atoms with Gasteiger partial charge in [-0.3, -0.25) is 0 Å². The molecule has 0 amide bonds. The predicted molar refractivity (Wildman–Crippen MR) is 70.3 cm³/mol. The first-order chi connectivity index (χ1) is 8.55. The van der Waals surface area contributed by atoms with Gasteiger partial charge in [0.1, 0.15) is 5.88 Å². The Morgan fingerprint density at radius 3 is 2.89 bits per heavy atom. The van der Waals surface area contributed by atoms with Crippen LogP contribution in [0.5, 0.6) is 0 Å². The minimum atomic E-state index is -3.72. The second kappa shape index (κ2) is 3.97. The number of aromatic nitrogens is 2. The fourth-order valence-corrected chi connectivity index (χ4v) is 2.76. The average molecular weight is 283 g/mol. The molecular weight excluding hydrogens is 274 g/mol. The Bertz CT molecular complexity index is 736. The first kappa shape index (κ1) is 11.5. The van der Waals surface area contributed by atoms with Crippen LogP contribution in [0.3, 0.4) is 0 Å². The number of hydrogen-bond donors (Lipinski definition) is 1. The van der Waals surface area contributed by atoms with Crippen molar-refractivity contribution < 1.29 is 8.42 Å². The molecule has 94 valence electrons. The summed E-state index contributed by atoms with van der Waals surface area (Å²) in [7, 11) is -3.72. The number of nitrogens with two attached hydrogens (primary N) is 1. The molecule has 0 saturated carbocycles. The lowest BCUT2D eigenvalue weighted by molar-refractivity contribution is 0.597. The summed E-state index contributed by atoms with van der Waals surface area (Å²) in [6.07, 6.45) is 1.65. The number of hydrogen-bond acceptors (Lipinski definition) is 6. The van der Waals surface area contributed by atoms with Crippen LogP contribution in [-0.2, 0) is 10.0 Å². The molecule has 1 aromatic heterocycles. The zero-order valence-corrected chi connectivity index (χ0v) is 10.7. The molecule has 0 bridgehead atoms. The lowest BCUT2D eigenvalue weighted by Crippen LogP contribution is -2.26. The van der Waals surface area contributed by atoms with Crippen molar-refractivity contribution in [1.29, 1.82) is 0 Å². The van der Waals surface area contributed by atoms with E-state index < -0.39 is 10.0 Å². The van der Waals surface area contributed by atoms with Gasteiger partial charge in [0.05, 0.1) is 22.2 Å². The number of nitrogens with zero attached hydrogens (tertiary/aromatic N) is 4. The maximum Gasteiger partial charge on any atom is 0.238 e. The van der Waals surface area contributed by atoms with Gasteiger partial charge in [-0.2, -0.15) is 20.1 Å². The van der Waals surface area contributed by atoms with Crippen molar-refractivity contribution in [1.82, 2.24) is 9.89 Å². The molecule has 1 aliphatic rings. The maximum absolute atomic E-state index is 11.3. The molecule has 3 rings (SSSR count). The zero-order valence-electron chi connectivity index (χ0n) is 9.09. The van der Waals surface area contributed by atoms with E-state index in [1.807, 2.05) is 0 Å². The molecule has 2 aromatic rings. The molecule has 0 saturated heterocycles. The molecule has 0 fully saturated rings. The van der Waals surface area contributed by atoms with Crippen molar-refractivity contribution in [3.05, 3.63) is 24.4 Å². The standard InChI is InChI=1S/C9H9N5O2S2/c10-18(15,16)8-2-1-7-4-11-14(9(7)3-8)13-6-17-5-12-13/h1-5H,6H2,(H2,10,15,16). The molecule has 2 N–H and O–H groups in total. The smallest absolute Gasteiger partial charge is 0.225 e. The van der Waals surface area contributed by atoms with Gasteiger partial charge in [-0.1, -0.05) is 11.8 Å². The Kier molecular flexibility index (Phi) is 2.54. The highest BCUT2D eigenvalue weighted by molar-refractivity contribution is 8.12. The Balaban J connectivity index is 2.19. The highest BCUT2D eigenvalue weighted by Crippen LogP contribution is 2.20. The van der Waals surface area contributed by atoms with Gasteiger partial charge in [-0.15, -0.1) is 0 Å². The van der Waals surface area contributed by atoms with Gasteiger partial charge in [0.15, 0.2) is 0 Å². The van der Waals surface area contributed by atoms with E-state index in [4.69, 9.17) is 5.14 Å². The molecule has 0 radical (unpaired) electrons. The summed E-state index contributed by atoms with van der Waals surface area (Å²) in [5.41, 5.74) is 2.36. The number of thioether (sulfide) groups is 1. The van der Waals surface area contributed by atoms with Crippen LogP contribution in [0, 0.1) is 0 Å². The number of hydrazone groups is 1. The lowest BCUT2D eigenvalue weighted by atomic mass is 10.3. The Morgan fingerprint density at radius 1 is 1.39 bits per heavy atom. The maximum atomic E-state index is 11.3. The fourth-order valence-electron chi connectivity index (χ4n) is 1.67. The van der Waals surface area contributed by atoms with Crippen LogP contribution < -0.4 is 10.3 Å². The van der Waals surface area contributed by atoms with Gasteiger partial charge in [0.2, 0.25) is 10.0 Å². The number of sulfonamides is 1. The third kappa shape index (κ3) is 1.85. The second-order valence-corrected chi connectivity index (χ2v) is 6.05. The van der Waals surface area contributed by atoms with Crippen molar-refractivity contribution in [3.8, 4) is 0 Å². The van der Waals surface area contributed by atoms with Crippen LogP contribution in [0.15, 0.2) is 34.4 Å². The first-order valence-corrected chi connectivity index (χ1v) is 7.58. The summed E-state index contributed by atoms with van der Waals surface area (Å²) in [6, 6.07) is 4.63. The van der Waals surface area contributed by atoms with E-state index in [1.165, 1.54) is 23.9 Å².